The zero-order chi connectivity index (χ0) is 16.2. The summed E-state index contributed by atoms with van der Waals surface area (Å²) in [7, 11) is 1.54. The fraction of sp³-hybridized carbons (Fsp3) is 0.688. The first-order chi connectivity index (χ1) is 10.4. The molecule has 6 nitrogen and oxygen atoms in total. The Hall–Kier alpha value is -1.85. The molecule has 1 unspecified atom stereocenters. The van der Waals surface area contributed by atoms with Crippen LogP contribution < -0.4 is 9.47 Å². The lowest BCUT2D eigenvalue weighted by Crippen LogP contribution is -2.45. The standard InChI is InChI=1S/C16H25N3O3/c1-16(2,3)8-15(20)19-7-5-6-12(11-19)22-14-10-17-9-13(18-14)21-4/h9-10,12H,5-8,11H2,1-4H3. The Bertz CT molecular complexity index is 514. The molecule has 0 saturated carbocycles. The SMILES string of the molecule is COc1cncc(OC2CCCN(C(=O)CC(C)(C)C)C2)n1. The third-order valence-electron chi connectivity index (χ3n) is 3.50. The van der Waals surface area contributed by atoms with Crippen molar-refractivity contribution >= 4 is 5.91 Å². The molecular weight excluding hydrogens is 282 g/mol. The maximum Gasteiger partial charge on any atom is 0.235 e. The van der Waals surface area contributed by atoms with E-state index >= 15 is 0 Å². The van der Waals surface area contributed by atoms with Crippen LogP contribution in [0, 0.1) is 5.41 Å². The highest BCUT2D eigenvalue weighted by Crippen LogP contribution is 2.23. The average Bonchev–Trinajstić information content (AvgIpc) is 2.46. The number of hydrogen-bond donors (Lipinski definition) is 0. The van der Waals surface area contributed by atoms with Crippen LogP contribution in [0.3, 0.4) is 0 Å². The Morgan fingerprint density at radius 3 is 2.77 bits per heavy atom. The average molecular weight is 307 g/mol. The predicted octanol–water partition coefficient (Wildman–Crippen LogP) is 2.29. The Kier molecular flexibility index (Phi) is 5.21. The molecule has 6 heteroatoms. The van der Waals surface area contributed by atoms with Gasteiger partial charge in [0, 0.05) is 13.0 Å². The summed E-state index contributed by atoms with van der Waals surface area (Å²) in [5.74, 6) is 1.06. The molecular formula is C16H25N3O3. The Balaban J connectivity index is 1.94. The lowest BCUT2D eigenvalue weighted by Gasteiger charge is -2.34. The Morgan fingerprint density at radius 2 is 2.09 bits per heavy atom. The molecule has 1 fully saturated rings. The van der Waals surface area contributed by atoms with Crippen LogP contribution in [0.4, 0.5) is 0 Å². The number of aromatic nitrogens is 2. The molecule has 0 aliphatic carbocycles. The molecule has 1 amide bonds. The zero-order valence-electron chi connectivity index (χ0n) is 13.8. The molecule has 0 spiro atoms. The summed E-state index contributed by atoms with van der Waals surface area (Å²) in [6.07, 6.45) is 5.47. The molecule has 1 aromatic heterocycles. The van der Waals surface area contributed by atoms with Gasteiger partial charge >= 0.3 is 0 Å². The molecule has 0 radical (unpaired) electrons. The second-order valence-corrected chi connectivity index (χ2v) is 6.86. The van der Waals surface area contributed by atoms with Crippen molar-refractivity contribution in [3.05, 3.63) is 12.4 Å². The van der Waals surface area contributed by atoms with E-state index in [1.165, 1.54) is 6.20 Å². The normalized spacial score (nSPS) is 18.9. The van der Waals surface area contributed by atoms with Crippen LogP contribution in [0.25, 0.3) is 0 Å². The molecule has 0 aromatic carbocycles. The molecule has 1 aromatic rings. The maximum absolute atomic E-state index is 12.3. The van der Waals surface area contributed by atoms with E-state index in [-0.39, 0.29) is 17.4 Å². The van der Waals surface area contributed by atoms with Gasteiger partial charge < -0.3 is 14.4 Å². The summed E-state index contributed by atoms with van der Waals surface area (Å²) in [4.78, 5) is 22.5. The van der Waals surface area contributed by atoms with E-state index in [4.69, 9.17) is 9.47 Å². The highest BCUT2D eigenvalue weighted by atomic mass is 16.5. The molecule has 0 bridgehead atoms. The topological polar surface area (TPSA) is 64.6 Å². The molecule has 2 heterocycles. The lowest BCUT2D eigenvalue weighted by atomic mass is 9.91. The molecule has 2 rings (SSSR count). The number of nitrogens with zero attached hydrogens (tertiary/aromatic N) is 3. The van der Waals surface area contributed by atoms with Gasteiger partial charge in [-0.15, -0.1) is 0 Å². The molecule has 1 aliphatic rings. The fourth-order valence-corrected chi connectivity index (χ4v) is 2.48. The van der Waals surface area contributed by atoms with E-state index in [2.05, 4.69) is 30.7 Å². The highest BCUT2D eigenvalue weighted by Gasteiger charge is 2.27. The molecule has 1 atom stereocenters. The third-order valence-corrected chi connectivity index (χ3v) is 3.50. The van der Waals surface area contributed by atoms with Gasteiger partial charge in [-0.3, -0.25) is 9.78 Å². The summed E-state index contributed by atoms with van der Waals surface area (Å²) in [6, 6.07) is 0. The van der Waals surface area contributed by atoms with Gasteiger partial charge in [-0.05, 0) is 18.3 Å². The van der Waals surface area contributed by atoms with Gasteiger partial charge in [-0.1, -0.05) is 20.8 Å². The predicted molar refractivity (Wildman–Crippen MR) is 82.9 cm³/mol. The lowest BCUT2D eigenvalue weighted by molar-refractivity contribution is -0.135. The monoisotopic (exact) mass is 307 g/mol. The number of carbonyl (C=O) groups is 1. The minimum absolute atomic E-state index is 0.00313. The Morgan fingerprint density at radius 1 is 1.36 bits per heavy atom. The number of likely N-dealkylation sites (tertiary alicyclic amines) is 1. The van der Waals surface area contributed by atoms with Gasteiger partial charge in [-0.2, -0.15) is 4.98 Å². The number of hydrogen-bond acceptors (Lipinski definition) is 5. The van der Waals surface area contributed by atoms with Crippen molar-refractivity contribution in [1.82, 2.24) is 14.9 Å². The van der Waals surface area contributed by atoms with Crippen molar-refractivity contribution < 1.29 is 14.3 Å². The first kappa shape index (κ1) is 16.5. The first-order valence-electron chi connectivity index (χ1n) is 7.68. The Labute approximate surface area is 131 Å². The van der Waals surface area contributed by atoms with E-state index < -0.39 is 0 Å². The van der Waals surface area contributed by atoms with E-state index in [9.17, 15) is 4.79 Å². The van der Waals surface area contributed by atoms with Crippen molar-refractivity contribution in [2.45, 2.75) is 46.1 Å². The van der Waals surface area contributed by atoms with Crippen LogP contribution in [0.2, 0.25) is 0 Å². The van der Waals surface area contributed by atoms with E-state index in [1.54, 1.807) is 13.3 Å². The van der Waals surface area contributed by atoms with Crippen molar-refractivity contribution in [2.75, 3.05) is 20.2 Å². The van der Waals surface area contributed by atoms with Gasteiger partial charge in [0.25, 0.3) is 0 Å². The zero-order valence-corrected chi connectivity index (χ0v) is 13.8. The van der Waals surface area contributed by atoms with Crippen LogP contribution in [-0.2, 0) is 4.79 Å². The summed E-state index contributed by atoms with van der Waals surface area (Å²) in [5.41, 5.74) is 0.00313. The number of amides is 1. The third kappa shape index (κ3) is 4.86. The molecule has 22 heavy (non-hydrogen) atoms. The van der Waals surface area contributed by atoms with Gasteiger partial charge in [0.05, 0.1) is 26.0 Å². The van der Waals surface area contributed by atoms with Crippen molar-refractivity contribution in [3.8, 4) is 11.8 Å². The van der Waals surface area contributed by atoms with Gasteiger partial charge in [0.1, 0.15) is 6.10 Å². The van der Waals surface area contributed by atoms with Gasteiger partial charge in [-0.25, -0.2) is 0 Å². The smallest absolute Gasteiger partial charge is 0.235 e. The van der Waals surface area contributed by atoms with Crippen molar-refractivity contribution in [2.24, 2.45) is 5.41 Å². The molecule has 0 N–H and O–H groups in total. The minimum atomic E-state index is -0.0425. The summed E-state index contributed by atoms with van der Waals surface area (Å²) >= 11 is 0. The highest BCUT2D eigenvalue weighted by molar-refractivity contribution is 5.77. The number of piperidine rings is 1. The van der Waals surface area contributed by atoms with Crippen LogP contribution >= 0.6 is 0 Å². The van der Waals surface area contributed by atoms with Crippen LogP contribution in [0.15, 0.2) is 12.4 Å². The van der Waals surface area contributed by atoms with E-state index in [0.29, 0.717) is 24.7 Å². The first-order valence-corrected chi connectivity index (χ1v) is 7.68. The number of rotatable bonds is 4. The van der Waals surface area contributed by atoms with Gasteiger partial charge in [0.2, 0.25) is 17.7 Å². The quantitative estimate of drug-likeness (QED) is 0.854. The molecule has 1 aliphatic heterocycles. The minimum Gasteiger partial charge on any atom is -0.480 e. The van der Waals surface area contributed by atoms with E-state index in [1.807, 2.05) is 4.90 Å². The maximum atomic E-state index is 12.3. The fourth-order valence-electron chi connectivity index (χ4n) is 2.48. The van der Waals surface area contributed by atoms with E-state index in [0.717, 1.165) is 19.4 Å². The molecule has 122 valence electrons. The number of methoxy groups -OCH3 is 1. The van der Waals surface area contributed by atoms with Gasteiger partial charge in [0.15, 0.2) is 0 Å². The molecule has 1 saturated heterocycles. The summed E-state index contributed by atoms with van der Waals surface area (Å²) in [5, 5.41) is 0. The largest absolute Gasteiger partial charge is 0.480 e. The summed E-state index contributed by atoms with van der Waals surface area (Å²) in [6.45, 7) is 7.64. The van der Waals surface area contributed by atoms with Crippen LogP contribution in [-0.4, -0.2) is 47.1 Å². The summed E-state index contributed by atoms with van der Waals surface area (Å²) < 4.78 is 10.9. The van der Waals surface area contributed by atoms with Crippen molar-refractivity contribution in [1.29, 1.82) is 0 Å². The number of ether oxygens (including phenoxy) is 2. The second kappa shape index (κ2) is 6.94. The van der Waals surface area contributed by atoms with Crippen LogP contribution in [0.1, 0.15) is 40.0 Å². The van der Waals surface area contributed by atoms with Crippen LogP contribution in [0.5, 0.6) is 11.8 Å². The number of carbonyl (C=O) groups excluding carboxylic acids is 1. The van der Waals surface area contributed by atoms with Crippen molar-refractivity contribution in [3.63, 3.8) is 0 Å². The second-order valence-electron chi connectivity index (χ2n) is 6.86.